The van der Waals surface area contributed by atoms with Gasteiger partial charge in [0, 0.05) is 24.3 Å². The first kappa shape index (κ1) is 18.7. The number of urea groups is 1. The smallest absolute Gasteiger partial charge is 0.319 e. The summed E-state index contributed by atoms with van der Waals surface area (Å²) in [6, 6.07) is 16.8. The van der Waals surface area contributed by atoms with E-state index in [0.717, 1.165) is 16.9 Å². The third-order valence-electron chi connectivity index (χ3n) is 4.89. The van der Waals surface area contributed by atoms with E-state index >= 15 is 0 Å². The Morgan fingerprint density at radius 2 is 1.83 bits per heavy atom. The number of hydrogen-bond donors (Lipinski definition) is 3. The van der Waals surface area contributed by atoms with Gasteiger partial charge in [0.15, 0.2) is 0 Å². The van der Waals surface area contributed by atoms with E-state index in [-0.39, 0.29) is 12.5 Å². The van der Waals surface area contributed by atoms with Gasteiger partial charge in [-0.2, -0.15) is 5.10 Å². The van der Waals surface area contributed by atoms with Crippen LogP contribution >= 0.6 is 0 Å². The van der Waals surface area contributed by atoms with E-state index in [9.17, 15) is 9.59 Å². The van der Waals surface area contributed by atoms with Gasteiger partial charge in [-0.1, -0.05) is 30.3 Å². The highest BCUT2D eigenvalue weighted by molar-refractivity contribution is 5.91. The fourth-order valence-electron chi connectivity index (χ4n) is 3.18. The van der Waals surface area contributed by atoms with Gasteiger partial charge in [-0.05, 0) is 48.2 Å². The SMILES string of the molecule is NC(=O)Cc1ccccc1NC(=O)NCc1ccc(-n2ccc(C3CC3)n2)cc1. The molecule has 4 rings (SSSR count). The van der Waals surface area contributed by atoms with Crippen molar-refractivity contribution in [2.75, 3.05) is 5.32 Å². The number of hydrogen-bond acceptors (Lipinski definition) is 3. The van der Waals surface area contributed by atoms with Gasteiger partial charge in [0.1, 0.15) is 0 Å². The number of primary amides is 1. The van der Waals surface area contributed by atoms with Gasteiger partial charge in [-0.3, -0.25) is 4.79 Å². The number of aromatic nitrogens is 2. The first-order chi connectivity index (χ1) is 14.1. The first-order valence-corrected chi connectivity index (χ1v) is 9.64. The number of nitrogens with one attached hydrogen (secondary N) is 2. The van der Waals surface area contributed by atoms with Crippen LogP contribution in [0.5, 0.6) is 0 Å². The normalized spacial score (nSPS) is 13.1. The van der Waals surface area contributed by atoms with Crippen molar-refractivity contribution in [3.05, 3.63) is 77.6 Å². The molecule has 3 amide bonds. The average molecular weight is 389 g/mol. The van der Waals surface area contributed by atoms with Gasteiger partial charge >= 0.3 is 6.03 Å². The summed E-state index contributed by atoms with van der Waals surface area (Å²) in [6.45, 7) is 0.385. The number of anilines is 1. The number of carbonyl (C=O) groups is 2. The van der Waals surface area contributed by atoms with E-state index in [1.54, 1.807) is 24.3 Å². The van der Waals surface area contributed by atoms with Crippen molar-refractivity contribution in [3.8, 4) is 5.69 Å². The maximum Gasteiger partial charge on any atom is 0.319 e. The predicted octanol–water partition coefficient (Wildman–Crippen LogP) is 3.10. The van der Waals surface area contributed by atoms with Crippen LogP contribution < -0.4 is 16.4 Å². The van der Waals surface area contributed by atoms with Crippen molar-refractivity contribution in [3.63, 3.8) is 0 Å². The lowest BCUT2D eigenvalue weighted by Gasteiger charge is -2.11. The van der Waals surface area contributed by atoms with Crippen molar-refractivity contribution in [2.24, 2.45) is 5.73 Å². The maximum atomic E-state index is 12.2. The molecule has 0 atom stereocenters. The predicted molar refractivity (Wildman–Crippen MR) is 111 cm³/mol. The summed E-state index contributed by atoms with van der Waals surface area (Å²) in [5.74, 6) is 0.188. The molecule has 4 N–H and O–H groups in total. The Morgan fingerprint density at radius 3 is 2.55 bits per heavy atom. The molecule has 0 aliphatic heterocycles. The third-order valence-corrected chi connectivity index (χ3v) is 4.89. The molecule has 0 bridgehead atoms. The third kappa shape index (κ3) is 4.82. The molecule has 0 unspecified atom stereocenters. The molecule has 0 radical (unpaired) electrons. The molecule has 0 spiro atoms. The number of nitrogens with zero attached hydrogens (tertiary/aromatic N) is 2. The van der Waals surface area contributed by atoms with Crippen LogP contribution in [-0.4, -0.2) is 21.7 Å². The zero-order valence-corrected chi connectivity index (χ0v) is 16.0. The molecule has 29 heavy (non-hydrogen) atoms. The van der Waals surface area contributed by atoms with Gasteiger partial charge in [0.2, 0.25) is 5.91 Å². The van der Waals surface area contributed by atoms with E-state index < -0.39 is 5.91 Å². The number of carbonyl (C=O) groups excluding carboxylic acids is 2. The van der Waals surface area contributed by atoms with Crippen molar-refractivity contribution < 1.29 is 9.59 Å². The Balaban J connectivity index is 1.33. The minimum absolute atomic E-state index is 0.0772. The fourth-order valence-corrected chi connectivity index (χ4v) is 3.18. The summed E-state index contributed by atoms with van der Waals surface area (Å²) < 4.78 is 1.88. The molecule has 1 aromatic heterocycles. The zero-order valence-electron chi connectivity index (χ0n) is 16.0. The highest BCUT2D eigenvalue weighted by Crippen LogP contribution is 2.39. The van der Waals surface area contributed by atoms with Crippen LogP contribution in [0, 0.1) is 0 Å². The zero-order chi connectivity index (χ0) is 20.2. The minimum atomic E-state index is -0.443. The molecule has 1 heterocycles. The second-order valence-electron chi connectivity index (χ2n) is 7.23. The molecule has 1 fully saturated rings. The molecule has 1 saturated carbocycles. The summed E-state index contributed by atoms with van der Waals surface area (Å²) >= 11 is 0. The Hall–Kier alpha value is -3.61. The van der Waals surface area contributed by atoms with Crippen LogP contribution in [-0.2, 0) is 17.8 Å². The Kier molecular flexibility index (Phi) is 5.29. The van der Waals surface area contributed by atoms with E-state index in [1.165, 1.54) is 12.8 Å². The molecule has 1 aliphatic rings. The molecule has 3 aromatic rings. The van der Waals surface area contributed by atoms with Crippen molar-refractivity contribution in [1.82, 2.24) is 15.1 Å². The number of para-hydroxylation sites is 1. The fraction of sp³-hybridized carbons (Fsp3) is 0.227. The second kappa shape index (κ2) is 8.18. The molecule has 7 nitrogen and oxygen atoms in total. The number of benzene rings is 2. The van der Waals surface area contributed by atoms with Crippen LogP contribution in [0.3, 0.4) is 0 Å². The Morgan fingerprint density at radius 1 is 1.07 bits per heavy atom. The van der Waals surface area contributed by atoms with Crippen LogP contribution in [0.1, 0.15) is 35.6 Å². The summed E-state index contributed by atoms with van der Waals surface area (Å²) in [7, 11) is 0. The van der Waals surface area contributed by atoms with Crippen molar-refractivity contribution >= 4 is 17.6 Å². The molecular weight excluding hydrogens is 366 g/mol. The highest BCUT2D eigenvalue weighted by Gasteiger charge is 2.25. The summed E-state index contributed by atoms with van der Waals surface area (Å²) in [4.78, 5) is 23.4. The largest absolute Gasteiger partial charge is 0.369 e. The minimum Gasteiger partial charge on any atom is -0.369 e. The van der Waals surface area contributed by atoms with Crippen molar-refractivity contribution in [2.45, 2.75) is 31.7 Å². The molecule has 1 aliphatic carbocycles. The van der Waals surface area contributed by atoms with E-state index in [4.69, 9.17) is 5.73 Å². The summed E-state index contributed by atoms with van der Waals surface area (Å²) in [6.07, 6.45) is 4.53. The summed E-state index contributed by atoms with van der Waals surface area (Å²) in [5, 5.41) is 10.2. The monoisotopic (exact) mass is 389 g/mol. The molecule has 2 aromatic carbocycles. The number of amides is 3. The highest BCUT2D eigenvalue weighted by atomic mass is 16.2. The van der Waals surface area contributed by atoms with Crippen LogP contribution in [0.4, 0.5) is 10.5 Å². The van der Waals surface area contributed by atoms with E-state index in [0.29, 0.717) is 23.7 Å². The van der Waals surface area contributed by atoms with E-state index in [2.05, 4.69) is 21.8 Å². The molecule has 148 valence electrons. The number of nitrogens with two attached hydrogens (primary N) is 1. The topological polar surface area (TPSA) is 102 Å². The molecule has 0 saturated heterocycles. The van der Waals surface area contributed by atoms with Gasteiger partial charge < -0.3 is 16.4 Å². The van der Waals surface area contributed by atoms with Crippen molar-refractivity contribution in [1.29, 1.82) is 0 Å². The van der Waals surface area contributed by atoms with Gasteiger partial charge in [0.05, 0.1) is 17.8 Å². The average Bonchev–Trinajstić information content (AvgIpc) is 3.45. The quantitative estimate of drug-likeness (QED) is 0.579. The maximum absolute atomic E-state index is 12.2. The molecular formula is C22H23N5O2. The van der Waals surface area contributed by atoms with Crippen LogP contribution in [0.15, 0.2) is 60.8 Å². The van der Waals surface area contributed by atoms with Gasteiger partial charge in [0.25, 0.3) is 0 Å². The Labute approximate surface area is 168 Å². The lowest BCUT2D eigenvalue weighted by molar-refractivity contribution is -0.117. The van der Waals surface area contributed by atoms with E-state index in [1.807, 2.05) is 35.1 Å². The van der Waals surface area contributed by atoms with Crippen LogP contribution in [0.2, 0.25) is 0 Å². The molecule has 7 heteroatoms. The Bertz CT molecular complexity index is 1020. The van der Waals surface area contributed by atoms with Gasteiger partial charge in [-0.15, -0.1) is 0 Å². The second-order valence-corrected chi connectivity index (χ2v) is 7.23. The van der Waals surface area contributed by atoms with Gasteiger partial charge in [-0.25, -0.2) is 9.48 Å². The lowest BCUT2D eigenvalue weighted by Crippen LogP contribution is -2.29. The van der Waals surface area contributed by atoms with Crippen LogP contribution in [0.25, 0.3) is 5.69 Å². The first-order valence-electron chi connectivity index (χ1n) is 9.64. The summed E-state index contributed by atoms with van der Waals surface area (Å²) in [5.41, 5.74) is 9.64. The lowest BCUT2D eigenvalue weighted by atomic mass is 10.1. The number of rotatable bonds is 7. The standard InChI is InChI=1S/C22H23N5O2/c23-21(28)13-17-3-1-2-4-19(17)25-22(29)24-14-15-5-9-18(10-6-15)27-12-11-20(26-27)16-7-8-16/h1-6,9-12,16H,7-8,13-14H2,(H2,23,28)(H2,24,25,29).